The van der Waals surface area contributed by atoms with Crippen molar-refractivity contribution in [1.29, 1.82) is 0 Å². The average molecular weight is 571 g/mol. The zero-order valence-electron chi connectivity index (χ0n) is 21.2. The van der Waals surface area contributed by atoms with Crippen molar-refractivity contribution in [2.75, 3.05) is 16.7 Å². The second-order valence-electron chi connectivity index (χ2n) is 9.32. The van der Waals surface area contributed by atoms with E-state index in [0.29, 0.717) is 29.7 Å². The summed E-state index contributed by atoms with van der Waals surface area (Å²) in [7, 11) is -2.94. The molecule has 5 rings (SSSR count). The molecule has 1 aliphatic rings. The van der Waals surface area contributed by atoms with Gasteiger partial charge in [0.2, 0.25) is 0 Å². The van der Waals surface area contributed by atoms with Gasteiger partial charge in [-0.1, -0.05) is 35.9 Å². The molecule has 1 aromatic heterocycles. The van der Waals surface area contributed by atoms with Crippen molar-refractivity contribution in [3.05, 3.63) is 107 Å². The first-order valence-corrected chi connectivity index (χ1v) is 13.9. The van der Waals surface area contributed by atoms with Gasteiger partial charge in [0.15, 0.2) is 0 Å². The van der Waals surface area contributed by atoms with Crippen molar-refractivity contribution in [2.24, 2.45) is 0 Å². The van der Waals surface area contributed by atoms with Gasteiger partial charge in [0.25, 0.3) is 10.0 Å². The van der Waals surface area contributed by atoms with Crippen LogP contribution in [0.3, 0.4) is 0 Å². The van der Waals surface area contributed by atoms with Crippen molar-refractivity contribution in [2.45, 2.75) is 36.7 Å². The molecule has 0 aliphatic heterocycles. The maximum Gasteiger partial charge on any atom is 0.268 e. The molecule has 0 amide bonds. The highest BCUT2D eigenvalue weighted by atomic mass is 35.5. The molecule has 11 heteroatoms. The normalized spacial score (nSPS) is 14.1. The Hall–Kier alpha value is -3.76. The van der Waals surface area contributed by atoms with Gasteiger partial charge in [0, 0.05) is 17.8 Å². The zero-order chi connectivity index (χ0) is 27.8. The Morgan fingerprint density at radius 1 is 1.08 bits per heavy atom. The smallest absolute Gasteiger partial charge is 0.268 e. The standard InChI is InChI=1S/C28H25ClF2N4O3S/c1-18-13-20(38-2)8-7-19(18)16-35(27-9-12-32-17-33-27)39(36,37)26-14-22(29)25(15-24(26)31)34-28(10-11-28)21-5-3-4-6-23(21)30/h3-9,12-15,17,34H,10-11,16H2,1-2H3. The molecule has 1 saturated carbocycles. The summed E-state index contributed by atoms with van der Waals surface area (Å²) in [5, 5.41) is 3.13. The number of sulfonamides is 1. The number of aryl methyl sites for hydroxylation is 1. The summed E-state index contributed by atoms with van der Waals surface area (Å²) in [5.41, 5.74) is 1.34. The third-order valence-corrected chi connectivity index (χ3v) is 8.87. The van der Waals surface area contributed by atoms with Gasteiger partial charge in [-0.2, -0.15) is 0 Å². The van der Waals surface area contributed by atoms with E-state index in [9.17, 15) is 12.8 Å². The topological polar surface area (TPSA) is 84.4 Å². The molecule has 1 N–H and O–H groups in total. The number of benzene rings is 3. The van der Waals surface area contributed by atoms with Gasteiger partial charge in [0.05, 0.1) is 29.9 Å². The van der Waals surface area contributed by atoms with Crippen LogP contribution in [0.15, 0.2) is 78.1 Å². The van der Waals surface area contributed by atoms with E-state index >= 15 is 4.39 Å². The van der Waals surface area contributed by atoms with Crippen molar-refractivity contribution >= 4 is 33.1 Å². The van der Waals surface area contributed by atoms with E-state index in [1.165, 1.54) is 24.7 Å². The van der Waals surface area contributed by atoms with Crippen LogP contribution in [0.25, 0.3) is 0 Å². The predicted molar refractivity (Wildman–Crippen MR) is 145 cm³/mol. The van der Waals surface area contributed by atoms with Gasteiger partial charge in [-0.25, -0.2) is 31.5 Å². The quantitative estimate of drug-likeness (QED) is 0.257. The highest BCUT2D eigenvalue weighted by molar-refractivity contribution is 7.92. The van der Waals surface area contributed by atoms with Gasteiger partial charge in [0.1, 0.15) is 34.4 Å². The molecule has 0 radical (unpaired) electrons. The van der Waals surface area contributed by atoms with E-state index < -0.39 is 26.3 Å². The van der Waals surface area contributed by atoms with Crippen molar-refractivity contribution in [3.8, 4) is 5.75 Å². The third kappa shape index (κ3) is 5.26. The number of methoxy groups -OCH3 is 1. The number of hydrogen-bond acceptors (Lipinski definition) is 6. The summed E-state index contributed by atoms with van der Waals surface area (Å²) in [6.07, 6.45) is 3.86. The summed E-state index contributed by atoms with van der Waals surface area (Å²) >= 11 is 6.49. The maximum atomic E-state index is 15.6. The molecule has 1 aliphatic carbocycles. The molecular weight excluding hydrogens is 546 g/mol. The number of aromatic nitrogens is 2. The molecule has 1 heterocycles. The Bertz CT molecular complexity index is 1630. The molecule has 39 heavy (non-hydrogen) atoms. The van der Waals surface area contributed by atoms with E-state index in [0.717, 1.165) is 22.0 Å². The number of rotatable bonds is 9. The lowest BCUT2D eigenvalue weighted by atomic mass is 10.0. The molecule has 7 nitrogen and oxygen atoms in total. The average Bonchev–Trinajstić information content (AvgIpc) is 3.70. The highest BCUT2D eigenvalue weighted by Gasteiger charge is 2.46. The van der Waals surface area contributed by atoms with Crippen LogP contribution in [0.5, 0.6) is 5.75 Å². The van der Waals surface area contributed by atoms with Crippen LogP contribution in [0.4, 0.5) is 20.3 Å². The molecule has 0 saturated heterocycles. The minimum absolute atomic E-state index is 0.0131. The molecule has 0 atom stereocenters. The number of anilines is 2. The van der Waals surface area contributed by atoms with Crippen LogP contribution in [0.2, 0.25) is 5.02 Å². The lowest BCUT2D eigenvalue weighted by Crippen LogP contribution is -2.32. The first-order valence-electron chi connectivity index (χ1n) is 12.1. The molecule has 202 valence electrons. The lowest BCUT2D eigenvalue weighted by molar-refractivity contribution is 0.414. The summed E-state index contributed by atoms with van der Waals surface area (Å²) in [5.74, 6) is -0.698. The van der Waals surface area contributed by atoms with Crippen LogP contribution >= 0.6 is 11.6 Å². The van der Waals surface area contributed by atoms with Crippen LogP contribution in [0.1, 0.15) is 29.5 Å². The van der Waals surface area contributed by atoms with Crippen molar-refractivity contribution in [3.63, 3.8) is 0 Å². The van der Waals surface area contributed by atoms with E-state index in [1.807, 2.05) is 6.92 Å². The zero-order valence-corrected chi connectivity index (χ0v) is 22.7. The van der Waals surface area contributed by atoms with Crippen LogP contribution in [0, 0.1) is 18.6 Å². The second kappa shape index (κ2) is 10.4. The van der Waals surface area contributed by atoms with Gasteiger partial charge in [-0.15, -0.1) is 0 Å². The number of nitrogens with zero attached hydrogens (tertiary/aromatic N) is 3. The fraction of sp³-hybridized carbons (Fsp3) is 0.214. The van der Waals surface area contributed by atoms with Crippen LogP contribution in [-0.2, 0) is 22.1 Å². The highest BCUT2D eigenvalue weighted by Crippen LogP contribution is 2.50. The maximum absolute atomic E-state index is 15.6. The van der Waals surface area contributed by atoms with E-state index in [1.54, 1.807) is 43.5 Å². The molecular formula is C28H25ClF2N4O3S. The Kier molecular flexibility index (Phi) is 7.17. The van der Waals surface area contributed by atoms with Gasteiger partial charge in [-0.3, -0.25) is 0 Å². The van der Waals surface area contributed by atoms with Crippen LogP contribution < -0.4 is 14.4 Å². The Balaban J connectivity index is 1.51. The Morgan fingerprint density at radius 3 is 2.49 bits per heavy atom. The van der Waals surface area contributed by atoms with E-state index in [4.69, 9.17) is 16.3 Å². The van der Waals surface area contributed by atoms with Gasteiger partial charge < -0.3 is 10.1 Å². The molecule has 4 aromatic rings. The first-order chi connectivity index (χ1) is 18.6. The van der Waals surface area contributed by atoms with Gasteiger partial charge in [-0.05, 0) is 61.2 Å². The minimum atomic E-state index is -4.48. The molecule has 0 spiro atoms. The van der Waals surface area contributed by atoms with Crippen LogP contribution in [-0.4, -0.2) is 25.5 Å². The summed E-state index contributed by atoms with van der Waals surface area (Å²) in [6.45, 7) is 1.70. The summed E-state index contributed by atoms with van der Waals surface area (Å²) in [6, 6.07) is 15.1. The Morgan fingerprint density at radius 2 is 1.85 bits per heavy atom. The number of nitrogens with one attached hydrogen (secondary N) is 1. The third-order valence-electron chi connectivity index (χ3n) is 6.79. The second-order valence-corrected chi connectivity index (χ2v) is 11.6. The predicted octanol–water partition coefficient (Wildman–Crippen LogP) is 6.22. The monoisotopic (exact) mass is 570 g/mol. The molecule has 0 bridgehead atoms. The molecule has 3 aromatic carbocycles. The van der Waals surface area contributed by atoms with Crippen molar-refractivity contribution < 1.29 is 21.9 Å². The summed E-state index contributed by atoms with van der Waals surface area (Å²) < 4.78 is 64.1. The number of ether oxygens (including phenoxy) is 1. The van der Waals surface area contributed by atoms with Crippen molar-refractivity contribution in [1.82, 2.24) is 9.97 Å². The van der Waals surface area contributed by atoms with E-state index in [2.05, 4.69) is 15.3 Å². The minimum Gasteiger partial charge on any atom is -0.497 e. The largest absolute Gasteiger partial charge is 0.497 e. The molecule has 1 fully saturated rings. The number of hydrogen-bond donors (Lipinski definition) is 1. The van der Waals surface area contributed by atoms with Gasteiger partial charge >= 0.3 is 0 Å². The Labute approximate surface area is 230 Å². The van der Waals surface area contributed by atoms with E-state index in [-0.39, 0.29) is 28.9 Å². The number of halogens is 3. The summed E-state index contributed by atoms with van der Waals surface area (Å²) in [4.78, 5) is 7.36. The first kappa shape index (κ1) is 26.8. The molecule has 0 unspecified atom stereocenters. The fourth-order valence-corrected chi connectivity index (χ4v) is 6.23. The SMILES string of the molecule is COc1ccc(CN(c2ccncn2)S(=O)(=O)c2cc(Cl)c(NC3(c4ccccc4F)CC3)cc2F)c(C)c1. The fourth-order valence-electron chi connectivity index (χ4n) is 4.48. The lowest BCUT2D eigenvalue weighted by Gasteiger charge is -2.25.